The van der Waals surface area contributed by atoms with Gasteiger partial charge in [0.2, 0.25) is 5.91 Å². The first-order chi connectivity index (χ1) is 16.6. The van der Waals surface area contributed by atoms with Gasteiger partial charge in [-0.2, -0.15) is 5.10 Å². The highest BCUT2D eigenvalue weighted by Gasteiger charge is 2.34. The molecule has 1 fully saturated rings. The fourth-order valence-electron chi connectivity index (χ4n) is 4.19. The summed E-state index contributed by atoms with van der Waals surface area (Å²) in [7, 11) is 0. The normalized spacial score (nSPS) is 16.1. The molecule has 1 N–H and O–H groups in total. The third-order valence-corrected chi connectivity index (χ3v) is 6.25. The zero-order valence-corrected chi connectivity index (χ0v) is 19.4. The Morgan fingerprint density at radius 2 is 1.74 bits per heavy atom. The molecule has 35 heavy (non-hydrogen) atoms. The van der Waals surface area contributed by atoms with Gasteiger partial charge < -0.3 is 9.80 Å². The minimum absolute atomic E-state index is 0.0764. The summed E-state index contributed by atoms with van der Waals surface area (Å²) in [6.07, 6.45) is 0.267. The predicted octanol–water partition coefficient (Wildman–Crippen LogP) is 3.27. The summed E-state index contributed by atoms with van der Waals surface area (Å²) in [6, 6.07) is 6.73. The van der Waals surface area contributed by atoms with E-state index >= 15 is 0 Å². The number of piperazine rings is 1. The first-order valence-electron chi connectivity index (χ1n) is 11.0. The number of hydrogen-bond acceptors (Lipinski definition) is 4. The summed E-state index contributed by atoms with van der Waals surface area (Å²) in [5.74, 6) is -3.99. The van der Waals surface area contributed by atoms with E-state index in [1.54, 1.807) is 20.8 Å². The van der Waals surface area contributed by atoms with Gasteiger partial charge >= 0.3 is 0 Å². The topological polar surface area (TPSA) is 86.4 Å². The number of anilines is 1. The molecule has 2 amide bonds. The molecule has 1 atom stereocenters. The van der Waals surface area contributed by atoms with Crippen molar-refractivity contribution >= 4 is 17.5 Å². The molecule has 2 heterocycles. The Labute approximate surface area is 199 Å². The number of benzene rings is 2. The number of nitrogens with one attached hydrogen (secondary N) is 1. The molecule has 0 spiro atoms. The molecule has 1 saturated heterocycles. The SMILES string of the molecule is Cc1c(Cc2ccc(F)c(C(=O)N3CC(=O)N(c4ccc(F)c(F)c4)[C@H](C)C3)c2)n[nH]c(=O)c1C. The Balaban J connectivity index is 1.56. The molecular formula is C25H23F3N4O3. The highest BCUT2D eigenvalue weighted by atomic mass is 19.2. The molecule has 1 aliphatic heterocycles. The van der Waals surface area contributed by atoms with Crippen molar-refractivity contribution < 1.29 is 22.8 Å². The number of aromatic amines is 1. The summed E-state index contributed by atoms with van der Waals surface area (Å²) in [5, 5.41) is 6.48. The Morgan fingerprint density at radius 3 is 2.43 bits per heavy atom. The van der Waals surface area contributed by atoms with Crippen LogP contribution in [0.15, 0.2) is 41.2 Å². The second-order valence-electron chi connectivity index (χ2n) is 8.64. The Hall–Kier alpha value is -3.95. The summed E-state index contributed by atoms with van der Waals surface area (Å²) in [6.45, 7) is 4.84. The molecule has 7 nitrogen and oxygen atoms in total. The number of hydrogen-bond donors (Lipinski definition) is 1. The van der Waals surface area contributed by atoms with Crippen LogP contribution in [0.1, 0.15) is 39.7 Å². The van der Waals surface area contributed by atoms with Crippen molar-refractivity contribution in [3.63, 3.8) is 0 Å². The van der Waals surface area contributed by atoms with Crippen LogP contribution in [0.2, 0.25) is 0 Å². The number of rotatable bonds is 4. The maximum Gasteiger partial charge on any atom is 0.267 e. The van der Waals surface area contributed by atoms with Gasteiger partial charge in [-0.15, -0.1) is 0 Å². The number of carbonyl (C=O) groups is 2. The van der Waals surface area contributed by atoms with E-state index in [9.17, 15) is 27.6 Å². The third kappa shape index (κ3) is 4.68. The van der Waals surface area contributed by atoms with E-state index in [1.165, 1.54) is 34.1 Å². The monoisotopic (exact) mass is 484 g/mol. The third-order valence-electron chi connectivity index (χ3n) is 6.25. The van der Waals surface area contributed by atoms with E-state index in [-0.39, 0.29) is 36.3 Å². The Morgan fingerprint density at radius 1 is 1.03 bits per heavy atom. The van der Waals surface area contributed by atoms with E-state index in [0.717, 1.165) is 12.1 Å². The zero-order chi connectivity index (χ0) is 25.4. The van der Waals surface area contributed by atoms with Crippen LogP contribution in [0.4, 0.5) is 18.9 Å². The van der Waals surface area contributed by atoms with Gasteiger partial charge in [0, 0.05) is 30.3 Å². The van der Waals surface area contributed by atoms with E-state index in [2.05, 4.69) is 10.2 Å². The average molecular weight is 484 g/mol. The van der Waals surface area contributed by atoms with Crippen LogP contribution in [-0.2, 0) is 11.2 Å². The number of amides is 2. The lowest BCUT2D eigenvalue weighted by Crippen LogP contribution is -2.57. The molecule has 1 aliphatic rings. The second kappa shape index (κ2) is 9.36. The molecule has 0 saturated carbocycles. The molecule has 182 valence electrons. The summed E-state index contributed by atoms with van der Waals surface area (Å²) in [5.41, 5.74) is 2.14. The maximum atomic E-state index is 14.6. The van der Waals surface area contributed by atoms with Crippen molar-refractivity contribution in [2.24, 2.45) is 0 Å². The molecule has 10 heteroatoms. The van der Waals surface area contributed by atoms with Gasteiger partial charge in [0.05, 0.1) is 17.3 Å². The van der Waals surface area contributed by atoms with Crippen molar-refractivity contribution in [2.45, 2.75) is 33.2 Å². The van der Waals surface area contributed by atoms with Crippen LogP contribution in [0.25, 0.3) is 0 Å². The van der Waals surface area contributed by atoms with Gasteiger partial charge in [0.15, 0.2) is 11.6 Å². The second-order valence-corrected chi connectivity index (χ2v) is 8.64. The summed E-state index contributed by atoms with van der Waals surface area (Å²) in [4.78, 5) is 40.2. The van der Waals surface area contributed by atoms with Crippen LogP contribution in [-0.4, -0.2) is 46.0 Å². The summed E-state index contributed by atoms with van der Waals surface area (Å²) < 4.78 is 41.6. The minimum atomic E-state index is -1.08. The molecule has 0 aliphatic carbocycles. The highest BCUT2D eigenvalue weighted by Crippen LogP contribution is 2.25. The number of nitrogens with zero attached hydrogens (tertiary/aromatic N) is 3. The van der Waals surface area contributed by atoms with Crippen molar-refractivity contribution in [1.82, 2.24) is 15.1 Å². The number of halogens is 3. The molecule has 2 aromatic carbocycles. The van der Waals surface area contributed by atoms with Crippen molar-refractivity contribution in [2.75, 3.05) is 18.0 Å². The molecule has 1 aromatic heterocycles. The van der Waals surface area contributed by atoms with Crippen LogP contribution < -0.4 is 10.5 Å². The lowest BCUT2D eigenvalue weighted by Gasteiger charge is -2.39. The quantitative estimate of drug-likeness (QED) is 0.616. The fraction of sp³-hybridized carbons (Fsp3) is 0.280. The number of H-pyrrole nitrogens is 1. The van der Waals surface area contributed by atoms with E-state index in [1.807, 2.05) is 0 Å². The Bertz CT molecular complexity index is 1390. The van der Waals surface area contributed by atoms with Crippen molar-refractivity contribution in [1.29, 1.82) is 0 Å². The highest BCUT2D eigenvalue weighted by molar-refractivity contribution is 6.02. The number of aromatic nitrogens is 2. The van der Waals surface area contributed by atoms with E-state index in [4.69, 9.17) is 0 Å². The lowest BCUT2D eigenvalue weighted by molar-refractivity contribution is -0.121. The van der Waals surface area contributed by atoms with Gasteiger partial charge in [0.1, 0.15) is 12.4 Å². The molecule has 3 aromatic rings. The number of carbonyl (C=O) groups excluding carboxylic acids is 2. The van der Waals surface area contributed by atoms with E-state index < -0.39 is 35.3 Å². The van der Waals surface area contributed by atoms with Gasteiger partial charge in [-0.05, 0) is 56.2 Å². The smallest absolute Gasteiger partial charge is 0.267 e. The van der Waals surface area contributed by atoms with Gasteiger partial charge in [-0.25, -0.2) is 18.3 Å². The van der Waals surface area contributed by atoms with Crippen LogP contribution in [0.5, 0.6) is 0 Å². The Kier molecular flexibility index (Phi) is 6.47. The van der Waals surface area contributed by atoms with Gasteiger partial charge in [-0.1, -0.05) is 6.07 Å². The van der Waals surface area contributed by atoms with Crippen molar-refractivity contribution in [3.8, 4) is 0 Å². The molecule has 0 unspecified atom stereocenters. The molecule has 0 radical (unpaired) electrons. The predicted molar refractivity (Wildman–Crippen MR) is 123 cm³/mol. The van der Waals surface area contributed by atoms with Crippen molar-refractivity contribution in [3.05, 3.63) is 92.2 Å². The maximum absolute atomic E-state index is 14.6. The average Bonchev–Trinajstić information content (AvgIpc) is 2.82. The van der Waals surface area contributed by atoms with E-state index in [0.29, 0.717) is 22.4 Å². The fourth-order valence-corrected chi connectivity index (χ4v) is 4.19. The standard InChI is InChI=1S/C25H23F3N4O3/c1-13-11-31(12-23(33)32(13)17-5-7-20(27)21(28)10-17)25(35)18-8-16(4-6-19(18)26)9-22-14(2)15(3)24(34)30-29-22/h4-8,10,13H,9,11-12H2,1-3H3,(H,30,34)/t13-/m1/s1. The molecule has 4 rings (SSSR count). The first-order valence-corrected chi connectivity index (χ1v) is 11.0. The lowest BCUT2D eigenvalue weighted by atomic mass is 10.0. The first kappa shape index (κ1) is 24.2. The zero-order valence-electron chi connectivity index (χ0n) is 19.4. The largest absolute Gasteiger partial charge is 0.327 e. The summed E-state index contributed by atoms with van der Waals surface area (Å²) >= 11 is 0. The minimum Gasteiger partial charge on any atom is -0.327 e. The van der Waals surface area contributed by atoms with Crippen LogP contribution in [0, 0.1) is 31.3 Å². The van der Waals surface area contributed by atoms with Gasteiger partial charge in [0.25, 0.3) is 11.5 Å². The van der Waals surface area contributed by atoms with Crippen LogP contribution >= 0.6 is 0 Å². The van der Waals surface area contributed by atoms with Crippen LogP contribution in [0.3, 0.4) is 0 Å². The molecule has 0 bridgehead atoms. The van der Waals surface area contributed by atoms with Gasteiger partial charge in [-0.3, -0.25) is 14.4 Å². The molecular weight excluding hydrogens is 461 g/mol.